The first-order valence-corrected chi connectivity index (χ1v) is 4.26. The number of rotatable bonds is 2. The van der Waals surface area contributed by atoms with E-state index in [1.165, 1.54) is 0 Å². The summed E-state index contributed by atoms with van der Waals surface area (Å²) in [6.45, 7) is 0. The fourth-order valence-corrected chi connectivity index (χ4v) is 1.13. The van der Waals surface area contributed by atoms with E-state index >= 15 is 0 Å². The number of imidazole rings is 1. The smallest absolute Gasteiger partial charge is 0.115 e. The number of anilines is 1. The zero-order valence-corrected chi connectivity index (χ0v) is 8.10. The lowest BCUT2D eigenvalue weighted by atomic mass is 10.3. The van der Waals surface area contributed by atoms with Crippen molar-refractivity contribution in [2.24, 2.45) is 0 Å². The zero-order chi connectivity index (χ0) is 9.97. The van der Waals surface area contributed by atoms with Gasteiger partial charge in [-0.2, -0.15) is 5.10 Å². The van der Waals surface area contributed by atoms with Gasteiger partial charge in [0.05, 0.1) is 18.2 Å². The predicted octanol–water partition coefficient (Wildman–Crippen LogP) is 0.933. The van der Waals surface area contributed by atoms with Gasteiger partial charge in [-0.25, -0.2) is 4.98 Å². The monoisotopic (exact) mass is 189 g/mol. The van der Waals surface area contributed by atoms with Gasteiger partial charge >= 0.3 is 0 Å². The zero-order valence-electron chi connectivity index (χ0n) is 8.10. The highest BCUT2D eigenvalue weighted by molar-refractivity contribution is 5.58. The van der Waals surface area contributed by atoms with Crippen LogP contribution in [0.2, 0.25) is 0 Å². The summed E-state index contributed by atoms with van der Waals surface area (Å²) in [5, 5.41) is 7.92. The van der Waals surface area contributed by atoms with E-state index in [2.05, 4.69) is 20.2 Å². The van der Waals surface area contributed by atoms with E-state index < -0.39 is 0 Å². The van der Waals surface area contributed by atoms with Gasteiger partial charge < -0.3 is 9.88 Å². The molecule has 0 aliphatic rings. The second-order valence-corrected chi connectivity index (χ2v) is 3.15. The molecule has 0 bridgehead atoms. The molecule has 5 nitrogen and oxygen atoms in total. The maximum Gasteiger partial charge on any atom is 0.115 e. The van der Waals surface area contributed by atoms with E-state index in [1.54, 1.807) is 18.7 Å². The van der Waals surface area contributed by atoms with Crippen LogP contribution in [0.5, 0.6) is 0 Å². The summed E-state index contributed by atoms with van der Waals surface area (Å²) < 4.78 is 0. The second-order valence-electron chi connectivity index (χ2n) is 3.15. The van der Waals surface area contributed by atoms with Gasteiger partial charge in [-0.05, 0) is 6.07 Å². The van der Waals surface area contributed by atoms with Crippen molar-refractivity contribution >= 4 is 5.69 Å². The highest BCUT2D eigenvalue weighted by Gasteiger charge is 2.04. The Morgan fingerprint density at radius 1 is 1.29 bits per heavy atom. The molecule has 2 aromatic rings. The quantitative estimate of drug-likeness (QED) is 0.763. The normalized spacial score (nSPS) is 10.1. The fraction of sp³-hybridized carbons (Fsp3) is 0.222. The Morgan fingerprint density at radius 2 is 2.14 bits per heavy atom. The molecule has 2 rings (SSSR count). The first kappa shape index (κ1) is 8.68. The molecule has 0 saturated heterocycles. The molecule has 1 N–H and O–H groups in total. The molecule has 14 heavy (non-hydrogen) atoms. The van der Waals surface area contributed by atoms with Crippen LogP contribution >= 0.6 is 0 Å². The van der Waals surface area contributed by atoms with Crippen molar-refractivity contribution in [3.8, 4) is 11.4 Å². The summed E-state index contributed by atoms with van der Waals surface area (Å²) in [5.74, 6) is 0. The molecule has 0 fully saturated rings. The van der Waals surface area contributed by atoms with E-state index in [0.29, 0.717) is 0 Å². The number of nitrogens with zero attached hydrogens (tertiary/aromatic N) is 4. The lowest BCUT2D eigenvalue weighted by molar-refractivity contribution is 1.00. The molecule has 0 saturated carbocycles. The van der Waals surface area contributed by atoms with Crippen LogP contribution in [0.15, 0.2) is 24.8 Å². The molecule has 2 heterocycles. The number of aromatic nitrogens is 4. The highest BCUT2D eigenvalue weighted by atomic mass is 15.1. The van der Waals surface area contributed by atoms with Gasteiger partial charge in [0.1, 0.15) is 11.4 Å². The van der Waals surface area contributed by atoms with Crippen molar-refractivity contribution in [3.05, 3.63) is 24.8 Å². The van der Waals surface area contributed by atoms with E-state index in [4.69, 9.17) is 0 Å². The van der Waals surface area contributed by atoms with Gasteiger partial charge in [0.15, 0.2) is 0 Å². The number of aromatic amines is 1. The van der Waals surface area contributed by atoms with Crippen LogP contribution in [0.1, 0.15) is 0 Å². The van der Waals surface area contributed by atoms with Crippen molar-refractivity contribution < 1.29 is 0 Å². The summed E-state index contributed by atoms with van der Waals surface area (Å²) in [7, 11) is 3.93. The molecule has 0 spiro atoms. The Hall–Kier alpha value is -1.91. The van der Waals surface area contributed by atoms with Gasteiger partial charge in [-0.15, -0.1) is 5.10 Å². The summed E-state index contributed by atoms with van der Waals surface area (Å²) in [6.07, 6.45) is 5.14. The van der Waals surface area contributed by atoms with E-state index in [0.717, 1.165) is 17.1 Å². The Labute approximate surface area is 81.8 Å². The third kappa shape index (κ3) is 1.56. The molecule has 0 amide bonds. The molecule has 0 atom stereocenters. The third-order valence-corrected chi connectivity index (χ3v) is 1.92. The molecule has 0 radical (unpaired) electrons. The van der Waals surface area contributed by atoms with Crippen molar-refractivity contribution in [2.75, 3.05) is 19.0 Å². The van der Waals surface area contributed by atoms with Crippen LogP contribution in [0.4, 0.5) is 5.69 Å². The minimum atomic E-state index is 0.775. The van der Waals surface area contributed by atoms with Gasteiger partial charge in [0.25, 0.3) is 0 Å². The standard InChI is InChI=1S/C9H11N5/c1-14(2)7-3-8(13-12-4-7)9-5-10-6-11-9/h3-6H,1-2H3,(H,10,11). The van der Waals surface area contributed by atoms with E-state index in [-0.39, 0.29) is 0 Å². The van der Waals surface area contributed by atoms with Gasteiger partial charge in [0, 0.05) is 20.3 Å². The second kappa shape index (κ2) is 3.45. The van der Waals surface area contributed by atoms with E-state index in [1.807, 2.05) is 25.1 Å². The average Bonchev–Trinajstić information content (AvgIpc) is 2.71. The largest absolute Gasteiger partial charge is 0.376 e. The Balaban J connectivity index is 2.41. The van der Waals surface area contributed by atoms with Gasteiger partial charge in [-0.3, -0.25) is 0 Å². The van der Waals surface area contributed by atoms with Crippen molar-refractivity contribution in [3.63, 3.8) is 0 Å². The Morgan fingerprint density at radius 3 is 2.79 bits per heavy atom. The first-order chi connectivity index (χ1) is 6.77. The molecular weight excluding hydrogens is 178 g/mol. The summed E-state index contributed by atoms with van der Waals surface area (Å²) >= 11 is 0. The SMILES string of the molecule is CN(C)c1cnnc(-c2c[nH]cn2)c1. The average molecular weight is 189 g/mol. The molecule has 0 aromatic carbocycles. The minimum absolute atomic E-state index is 0.775. The summed E-state index contributed by atoms with van der Waals surface area (Å²) in [4.78, 5) is 8.97. The van der Waals surface area contributed by atoms with Crippen LogP contribution in [0.25, 0.3) is 11.4 Å². The van der Waals surface area contributed by atoms with Crippen LogP contribution < -0.4 is 4.90 Å². The molecule has 5 heteroatoms. The molecular formula is C9H11N5. The first-order valence-electron chi connectivity index (χ1n) is 4.26. The summed E-state index contributed by atoms with van der Waals surface area (Å²) in [6, 6.07) is 1.95. The maximum atomic E-state index is 4.11. The van der Waals surface area contributed by atoms with E-state index in [9.17, 15) is 0 Å². The van der Waals surface area contributed by atoms with Crippen LogP contribution in [0.3, 0.4) is 0 Å². The Kier molecular flexibility index (Phi) is 2.14. The van der Waals surface area contributed by atoms with Crippen molar-refractivity contribution in [1.82, 2.24) is 20.2 Å². The number of nitrogens with one attached hydrogen (secondary N) is 1. The summed E-state index contributed by atoms with van der Waals surface area (Å²) in [5.41, 5.74) is 2.59. The predicted molar refractivity (Wildman–Crippen MR) is 53.9 cm³/mol. The lowest BCUT2D eigenvalue weighted by Crippen LogP contribution is -2.09. The third-order valence-electron chi connectivity index (χ3n) is 1.92. The lowest BCUT2D eigenvalue weighted by Gasteiger charge is -2.11. The number of hydrogen-bond donors (Lipinski definition) is 1. The molecule has 0 aliphatic carbocycles. The van der Waals surface area contributed by atoms with Crippen LogP contribution in [-0.4, -0.2) is 34.3 Å². The van der Waals surface area contributed by atoms with Crippen molar-refractivity contribution in [2.45, 2.75) is 0 Å². The topological polar surface area (TPSA) is 57.7 Å². The number of hydrogen-bond acceptors (Lipinski definition) is 4. The Bertz CT molecular complexity index is 407. The highest BCUT2D eigenvalue weighted by Crippen LogP contribution is 2.17. The fourth-order valence-electron chi connectivity index (χ4n) is 1.13. The molecule has 2 aromatic heterocycles. The maximum absolute atomic E-state index is 4.11. The van der Waals surface area contributed by atoms with Crippen LogP contribution in [0, 0.1) is 0 Å². The molecule has 72 valence electrons. The van der Waals surface area contributed by atoms with Crippen molar-refractivity contribution in [1.29, 1.82) is 0 Å². The number of H-pyrrole nitrogens is 1. The van der Waals surface area contributed by atoms with Gasteiger partial charge in [0.2, 0.25) is 0 Å². The molecule has 0 unspecified atom stereocenters. The van der Waals surface area contributed by atoms with Gasteiger partial charge in [-0.1, -0.05) is 0 Å². The van der Waals surface area contributed by atoms with Crippen LogP contribution in [-0.2, 0) is 0 Å². The minimum Gasteiger partial charge on any atom is -0.376 e. The molecule has 0 aliphatic heterocycles.